The van der Waals surface area contributed by atoms with E-state index in [1.807, 2.05) is 13.8 Å². The molecular formula is C29H36N2O. The SMILES string of the molecule is CC(=Nc1c(C)c(C)cc(C)c1C)C1=CCC=C(C(C)=Nc2c(C)c(C)cc(C)c2C)O1. The zero-order chi connectivity index (χ0) is 23.7. The molecule has 0 radical (unpaired) electrons. The smallest absolute Gasteiger partial charge is 0.145 e. The Morgan fingerprint density at radius 1 is 0.594 bits per heavy atom. The van der Waals surface area contributed by atoms with Gasteiger partial charge in [0.15, 0.2) is 0 Å². The van der Waals surface area contributed by atoms with Crippen LogP contribution in [0.3, 0.4) is 0 Å². The number of allylic oxidation sites excluding steroid dienone is 4. The lowest BCUT2D eigenvalue weighted by Gasteiger charge is -2.19. The predicted octanol–water partition coefficient (Wildman–Crippen LogP) is 8.23. The van der Waals surface area contributed by atoms with Gasteiger partial charge in [-0.1, -0.05) is 12.1 Å². The van der Waals surface area contributed by atoms with E-state index in [9.17, 15) is 0 Å². The van der Waals surface area contributed by atoms with E-state index in [4.69, 9.17) is 14.7 Å². The first-order valence-electron chi connectivity index (χ1n) is 11.4. The van der Waals surface area contributed by atoms with E-state index >= 15 is 0 Å². The fourth-order valence-corrected chi connectivity index (χ4v) is 4.09. The first-order chi connectivity index (χ1) is 15.0. The van der Waals surface area contributed by atoms with Gasteiger partial charge in [-0.25, -0.2) is 9.98 Å². The van der Waals surface area contributed by atoms with Crippen molar-refractivity contribution < 1.29 is 4.74 Å². The van der Waals surface area contributed by atoms with E-state index in [2.05, 4.69) is 79.7 Å². The summed E-state index contributed by atoms with van der Waals surface area (Å²) < 4.78 is 6.30. The molecule has 1 aliphatic heterocycles. The Morgan fingerprint density at radius 2 is 0.906 bits per heavy atom. The summed E-state index contributed by atoms with van der Waals surface area (Å²) in [5.74, 6) is 1.62. The van der Waals surface area contributed by atoms with Crippen molar-refractivity contribution in [1.82, 2.24) is 0 Å². The Bertz CT molecular complexity index is 1060. The number of aryl methyl sites for hydroxylation is 4. The molecule has 2 aromatic carbocycles. The number of nitrogens with zero attached hydrogens (tertiary/aromatic N) is 2. The number of rotatable bonds is 4. The molecule has 3 heteroatoms. The van der Waals surface area contributed by atoms with Gasteiger partial charge in [-0.3, -0.25) is 0 Å². The highest BCUT2D eigenvalue weighted by Gasteiger charge is 2.17. The molecule has 0 aliphatic carbocycles. The van der Waals surface area contributed by atoms with Crippen LogP contribution in [-0.4, -0.2) is 11.4 Å². The summed E-state index contributed by atoms with van der Waals surface area (Å²) in [4.78, 5) is 9.98. The van der Waals surface area contributed by atoms with Gasteiger partial charge in [0.05, 0.1) is 22.8 Å². The highest BCUT2D eigenvalue weighted by atomic mass is 16.5. The van der Waals surface area contributed by atoms with Gasteiger partial charge in [0, 0.05) is 0 Å². The van der Waals surface area contributed by atoms with Crippen molar-refractivity contribution >= 4 is 22.8 Å². The molecule has 0 unspecified atom stereocenters. The molecule has 0 saturated carbocycles. The van der Waals surface area contributed by atoms with Crippen molar-refractivity contribution in [2.45, 2.75) is 75.7 Å². The Labute approximate surface area is 193 Å². The lowest BCUT2D eigenvalue weighted by molar-refractivity contribution is 0.343. The molecule has 0 spiro atoms. The quantitative estimate of drug-likeness (QED) is 0.452. The average Bonchev–Trinajstić information content (AvgIpc) is 2.76. The fraction of sp³-hybridized carbons (Fsp3) is 0.379. The summed E-state index contributed by atoms with van der Waals surface area (Å²) >= 11 is 0. The van der Waals surface area contributed by atoms with Crippen molar-refractivity contribution in [2.75, 3.05) is 0 Å². The molecule has 0 bridgehead atoms. The minimum Gasteiger partial charge on any atom is -0.454 e. The van der Waals surface area contributed by atoms with Crippen molar-refractivity contribution in [3.05, 3.63) is 80.3 Å². The van der Waals surface area contributed by atoms with Gasteiger partial charge >= 0.3 is 0 Å². The highest BCUT2D eigenvalue weighted by Crippen LogP contribution is 2.32. The third-order valence-corrected chi connectivity index (χ3v) is 6.75. The summed E-state index contributed by atoms with van der Waals surface area (Å²) in [6.45, 7) is 21.2. The number of aliphatic imine (C=N–C) groups is 2. The van der Waals surface area contributed by atoms with Crippen LogP contribution in [0, 0.1) is 55.4 Å². The van der Waals surface area contributed by atoms with Crippen molar-refractivity contribution in [1.29, 1.82) is 0 Å². The van der Waals surface area contributed by atoms with Crippen LogP contribution < -0.4 is 0 Å². The standard InChI is InChI=1S/C29H36N2O/c1-16-14-17(2)21(6)28(20(16)5)30-24(9)26-12-11-13-27(32-26)25(10)31-29-22(7)18(3)15-19(4)23(29)8/h12-15H,11H2,1-10H3. The highest BCUT2D eigenvalue weighted by molar-refractivity contribution is 6.03. The van der Waals surface area contributed by atoms with Crippen LogP contribution in [0.15, 0.2) is 45.8 Å². The van der Waals surface area contributed by atoms with E-state index < -0.39 is 0 Å². The van der Waals surface area contributed by atoms with Crippen molar-refractivity contribution in [2.24, 2.45) is 9.98 Å². The summed E-state index contributed by atoms with van der Waals surface area (Å²) in [6, 6.07) is 4.46. The molecule has 2 aromatic rings. The molecule has 1 aliphatic rings. The third-order valence-electron chi connectivity index (χ3n) is 6.75. The fourth-order valence-electron chi connectivity index (χ4n) is 4.09. The second-order valence-corrected chi connectivity index (χ2v) is 9.09. The maximum Gasteiger partial charge on any atom is 0.145 e. The summed E-state index contributed by atoms with van der Waals surface area (Å²) in [7, 11) is 0. The molecule has 0 amide bonds. The van der Waals surface area contributed by atoms with E-state index in [0.717, 1.165) is 40.7 Å². The second-order valence-electron chi connectivity index (χ2n) is 9.09. The number of hydrogen-bond acceptors (Lipinski definition) is 3. The monoisotopic (exact) mass is 428 g/mol. The minimum absolute atomic E-state index is 0.806. The molecule has 0 aromatic heterocycles. The largest absolute Gasteiger partial charge is 0.454 e. The van der Waals surface area contributed by atoms with Gasteiger partial charge in [-0.05, 0) is 132 Å². The molecular weight excluding hydrogens is 392 g/mol. The molecule has 3 nitrogen and oxygen atoms in total. The van der Waals surface area contributed by atoms with Crippen LogP contribution >= 0.6 is 0 Å². The van der Waals surface area contributed by atoms with Gasteiger partial charge in [0.25, 0.3) is 0 Å². The van der Waals surface area contributed by atoms with Crippen LogP contribution in [0.2, 0.25) is 0 Å². The van der Waals surface area contributed by atoms with Gasteiger partial charge in [0.1, 0.15) is 11.5 Å². The topological polar surface area (TPSA) is 34.0 Å². The summed E-state index contributed by atoms with van der Waals surface area (Å²) in [6.07, 6.45) is 4.99. The molecule has 0 saturated heterocycles. The Hall–Kier alpha value is -2.94. The summed E-state index contributed by atoms with van der Waals surface area (Å²) in [5.41, 5.74) is 13.8. The van der Waals surface area contributed by atoms with Crippen LogP contribution in [-0.2, 0) is 4.74 Å². The molecule has 0 atom stereocenters. The van der Waals surface area contributed by atoms with Gasteiger partial charge in [0.2, 0.25) is 0 Å². The lowest BCUT2D eigenvalue weighted by atomic mass is 9.99. The number of hydrogen-bond donors (Lipinski definition) is 0. The molecule has 1 heterocycles. The molecule has 3 rings (SSSR count). The first kappa shape index (κ1) is 23.7. The van der Waals surface area contributed by atoms with E-state index in [1.54, 1.807) is 0 Å². The first-order valence-corrected chi connectivity index (χ1v) is 11.4. The van der Waals surface area contributed by atoms with E-state index in [0.29, 0.717) is 0 Å². The minimum atomic E-state index is 0.806. The molecule has 168 valence electrons. The maximum absolute atomic E-state index is 6.30. The molecule has 0 fully saturated rings. The maximum atomic E-state index is 6.30. The van der Waals surface area contributed by atoms with Gasteiger partial charge in [-0.15, -0.1) is 0 Å². The van der Waals surface area contributed by atoms with Gasteiger partial charge in [-0.2, -0.15) is 0 Å². The van der Waals surface area contributed by atoms with Crippen LogP contribution in [0.25, 0.3) is 0 Å². The predicted molar refractivity (Wildman–Crippen MR) is 138 cm³/mol. The third kappa shape index (κ3) is 4.62. The lowest BCUT2D eigenvalue weighted by Crippen LogP contribution is -2.11. The second kappa shape index (κ2) is 9.28. The molecule has 32 heavy (non-hydrogen) atoms. The zero-order valence-corrected chi connectivity index (χ0v) is 21.3. The Morgan fingerprint density at radius 3 is 1.22 bits per heavy atom. The van der Waals surface area contributed by atoms with Gasteiger partial charge < -0.3 is 4.74 Å². The number of ether oxygens (including phenoxy) is 1. The van der Waals surface area contributed by atoms with Crippen LogP contribution in [0.4, 0.5) is 11.4 Å². The van der Waals surface area contributed by atoms with Crippen LogP contribution in [0.5, 0.6) is 0 Å². The van der Waals surface area contributed by atoms with Crippen molar-refractivity contribution in [3.8, 4) is 0 Å². The van der Waals surface area contributed by atoms with Crippen molar-refractivity contribution in [3.63, 3.8) is 0 Å². The van der Waals surface area contributed by atoms with Crippen LogP contribution in [0.1, 0.15) is 64.8 Å². The van der Waals surface area contributed by atoms with E-state index in [-0.39, 0.29) is 0 Å². The Balaban J connectivity index is 1.92. The van der Waals surface area contributed by atoms with E-state index in [1.165, 1.54) is 44.5 Å². The zero-order valence-electron chi connectivity index (χ0n) is 21.3. The summed E-state index contributed by atoms with van der Waals surface area (Å²) in [5, 5.41) is 0. The Kier molecular flexibility index (Phi) is 6.88. The average molecular weight is 429 g/mol. The molecule has 0 N–H and O–H groups in total. The number of benzene rings is 2. The normalized spacial score (nSPS) is 14.8.